The number of hydrogen-bond acceptors (Lipinski definition) is 6. The van der Waals surface area contributed by atoms with E-state index >= 15 is 0 Å². The van der Waals surface area contributed by atoms with Crippen LogP contribution < -0.4 is 16.8 Å². The maximum atomic E-state index is 13.0. The number of nitrogens with zero attached hydrogens (tertiary/aromatic N) is 2. The van der Waals surface area contributed by atoms with Crippen LogP contribution in [-0.4, -0.2) is 34.0 Å². The highest BCUT2D eigenvalue weighted by Crippen LogP contribution is 2.25. The second kappa shape index (κ2) is 15.3. The lowest BCUT2D eigenvalue weighted by Gasteiger charge is -2.22. The summed E-state index contributed by atoms with van der Waals surface area (Å²) in [5.74, 6) is -0.950. The van der Waals surface area contributed by atoms with Crippen molar-refractivity contribution in [3.05, 3.63) is 76.8 Å². The van der Waals surface area contributed by atoms with Crippen molar-refractivity contribution >= 4 is 12.2 Å². The zero-order chi connectivity index (χ0) is 26.4. The Bertz CT molecular complexity index is 1110. The van der Waals surface area contributed by atoms with Crippen LogP contribution in [0.15, 0.2) is 65.6 Å². The summed E-state index contributed by atoms with van der Waals surface area (Å²) in [4.78, 5) is 40.6. The minimum absolute atomic E-state index is 0.150. The molecule has 0 aliphatic heterocycles. The Kier molecular flexibility index (Phi) is 12.9. The number of hydrogen-bond donors (Lipinski definition) is 3. The zero-order valence-electron chi connectivity index (χ0n) is 21.1. The molecule has 0 aliphatic rings. The van der Waals surface area contributed by atoms with Gasteiger partial charge in [0.25, 0.3) is 11.5 Å². The second-order valence-electron chi connectivity index (χ2n) is 7.60. The van der Waals surface area contributed by atoms with Gasteiger partial charge in [-0.15, -0.1) is 0 Å². The Hall–Kier alpha value is -3.62. The molecular weight excluding hydrogens is 444 g/mol. The molecule has 3 aromatic rings. The molecule has 1 unspecified atom stereocenters. The molecule has 1 aromatic heterocycles. The van der Waals surface area contributed by atoms with Crippen LogP contribution in [0.2, 0.25) is 0 Å². The Morgan fingerprint density at radius 3 is 2.09 bits per heavy atom. The average molecular weight is 481 g/mol. The van der Waals surface area contributed by atoms with Crippen LogP contribution in [0.1, 0.15) is 45.9 Å². The summed E-state index contributed by atoms with van der Waals surface area (Å²) in [6, 6.07) is 16.8. The van der Waals surface area contributed by atoms with Gasteiger partial charge in [0, 0.05) is 24.6 Å². The molecule has 35 heavy (non-hydrogen) atoms. The summed E-state index contributed by atoms with van der Waals surface area (Å²) in [5, 5.41) is 9.17. The van der Waals surface area contributed by atoms with E-state index in [0.717, 1.165) is 23.0 Å². The quantitative estimate of drug-likeness (QED) is 0.254. The van der Waals surface area contributed by atoms with E-state index in [2.05, 4.69) is 10.7 Å². The van der Waals surface area contributed by atoms with Gasteiger partial charge in [0.05, 0.1) is 5.69 Å². The first-order valence-electron chi connectivity index (χ1n) is 11.7. The molecule has 1 atom stereocenters. The third-order valence-electron chi connectivity index (χ3n) is 5.09. The van der Waals surface area contributed by atoms with Crippen molar-refractivity contribution in [1.29, 1.82) is 0 Å². The van der Waals surface area contributed by atoms with Crippen LogP contribution in [0, 0.1) is 5.92 Å². The molecule has 8 nitrogen and oxygen atoms in total. The van der Waals surface area contributed by atoms with Crippen molar-refractivity contribution in [3.63, 3.8) is 0 Å². The number of aromatic nitrogens is 2. The van der Waals surface area contributed by atoms with Crippen LogP contribution in [-0.2, 0) is 16.0 Å². The molecule has 0 bridgehead atoms. The molecule has 0 saturated heterocycles. The maximum absolute atomic E-state index is 13.0. The van der Waals surface area contributed by atoms with Crippen LogP contribution >= 0.6 is 0 Å². The summed E-state index contributed by atoms with van der Waals surface area (Å²) < 4.78 is 1.30. The largest absolute Gasteiger partial charge is 0.333 e. The fraction of sp³-hybridized carbons (Fsp3) is 0.333. The van der Waals surface area contributed by atoms with Gasteiger partial charge in [0.15, 0.2) is 0 Å². The fourth-order valence-corrected chi connectivity index (χ4v) is 3.55. The topological polar surface area (TPSA) is 127 Å². The van der Waals surface area contributed by atoms with E-state index in [9.17, 15) is 14.4 Å². The Balaban J connectivity index is 0.00000145. The monoisotopic (exact) mass is 480 g/mol. The molecule has 1 amide bonds. The third kappa shape index (κ3) is 7.70. The molecule has 0 saturated carbocycles. The van der Waals surface area contributed by atoms with Crippen molar-refractivity contribution < 1.29 is 14.8 Å². The van der Waals surface area contributed by atoms with Gasteiger partial charge in [-0.3, -0.25) is 19.4 Å². The molecule has 0 fully saturated rings. The van der Waals surface area contributed by atoms with Crippen LogP contribution in [0.4, 0.5) is 0 Å². The van der Waals surface area contributed by atoms with E-state index < -0.39 is 17.5 Å². The number of aryl methyl sites for hydroxylation is 1. The first-order chi connectivity index (χ1) is 17.0. The van der Waals surface area contributed by atoms with Crippen LogP contribution in [0.3, 0.4) is 0 Å². The fourth-order valence-electron chi connectivity index (χ4n) is 3.55. The predicted molar refractivity (Wildman–Crippen MR) is 139 cm³/mol. The zero-order valence-corrected chi connectivity index (χ0v) is 21.1. The summed E-state index contributed by atoms with van der Waals surface area (Å²) in [6.07, 6.45) is 2.58. The molecule has 8 heteroatoms. The van der Waals surface area contributed by atoms with E-state index in [1.165, 1.54) is 17.8 Å². The minimum Gasteiger partial charge on any atom is -0.333 e. The normalized spacial score (nSPS) is 10.9. The lowest BCUT2D eigenvalue weighted by atomic mass is 10.0. The van der Waals surface area contributed by atoms with Crippen molar-refractivity contribution in [3.8, 4) is 22.4 Å². The summed E-state index contributed by atoms with van der Waals surface area (Å²) in [7, 11) is 1.50. The first kappa shape index (κ1) is 29.4. The summed E-state index contributed by atoms with van der Waals surface area (Å²) in [5.41, 5.74) is 9.30. The lowest BCUT2D eigenvalue weighted by molar-refractivity contribution is -0.134. The molecule has 2 aromatic carbocycles. The first-order valence-corrected chi connectivity index (χ1v) is 11.7. The molecule has 4 N–H and O–H groups in total. The van der Waals surface area contributed by atoms with Gasteiger partial charge < -0.3 is 10.5 Å². The van der Waals surface area contributed by atoms with E-state index in [-0.39, 0.29) is 24.5 Å². The SMILES string of the molecule is CC.CC(C)C(C(=O)NO)n1cc(-c2ccc(-c3ccccc3)cc2)nc(CCC=O)c1=O.CN. The number of carbonyl (C=O) groups is 2. The number of nitrogens with one attached hydrogen (secondary N) is 1. The molecular formula is C27H36N4O4. The number of carbonyl (C=O) groups excluding carboxylic acids is 2. The molecule has 0 spiro atoms. The van der Waals surface area contributed by atoms with Crippen LogP contribution in [0.5, 0.6) is 0 Å². The van der Waals surface area contributed by atoms with E-state index in [0.29, 0.717) is 5.69 Å². The van der Waals surface area contributed by atoms with Gasteiger partial charge in [-0.25, -0.2) is 10.5 Å². The number of hydroxylamine groups is 1. The van der Waals surface area contributed by atoms with Crippen molar-refractivity contribution in [1.82, 2.24) is 15.0 Å². The third-order valence-corrected chi connectivity index (χ3v) is 5.09. The smallest absolute Gasteiger partial charge is 0.273 e. The van der Waals surface area contributed by atoms with Crippen LogP contribution in [0.25, 0.3) is 22.4 Å². The molecule has 0 radical (unpaired) electrons. The number of aldehydes is 1. The molecule has 188 valence electrons. The van der Waals surface area contributed by atoms with Crippen molar-refractivity contribution in [2.45, 2.75) is 46.6 Å². The number of amides is 1. The lowest BCUT2D eigenvalue weighted by Crippen LogP contribution is -2.40. The van der Waals surface area contributed by atoms with Gasteiger partial charge >= 0.3 is 0 Å². The van der Waals surface area contributed by atoms with Gasteiger partial charge in [0.2, 0.25) is 0 Å². The number of rotatable bonds is 8. The standard InChI is InChI=1S/C24H25N3O4.C2H6.CH5N/c1-16(2)22(23(29)26-31)27-15-21(25-20(24(27)30)9-6-14-28)19-12-10-18(11-13-19)17-7-4-3-5-8-17;2*1-2/h3-5,7-8,10-16,22,31H,6,9H2,1-2H3,(H,26,29);1-2H3;2H2,1H3. The average Bonchev–Trinajstić information content (AvgIpc) is 2.91. The second-order valence-corrected chi connectivity index (χ2v) is 7.60. The van der Waals surface area contributed by atoms with Gasteiger partial charge in [-0.1, -0.05) is 82.3 Å². The van der Waals surface area contributed by atoms with Crippen molar-refractivity contribution in [2.24, 2.45) is 11.7 Å². The Labute approximate surface area is 206 Å². The van der Waals surface area contributed by atoms with Gasteiger partial charge in [0.1, 0.15) is 18.0 Å². The highest BCUT2D eigenvalue weighted by Gasteiger charge is 2.26. The highest BCUT2D eigenvalue weighted by atomic mass is 16.5. The van der Waals surface area contributed by atoms with Crippen molar-refractivity contribution in [2.75, 3.05) is 7.05 Å². The van der Waals surface area contributed by atoms with Gasteiger partial charge in [-0.2, -0.15) is 0 Å². The molecule has 1 heterocycles. The maximum Gasteiger partial charge on any atom is 0.273 e. The van der Waals surface area contributed by atoms with E-state index in [1.54, 1.807) is 19.3 Å². The molecule has 3 rings (SSSR count). The van der Waals surface area contributed by atoms with E-state index in [1.807, 2.05) is 68.4 Å². The van der Waals surface area contributed by atoms with Gasteiger partial charge in [-0.05, 0) is 24.1 Å². The minimum atomic E-state index is -0.919. The number of nitrogens with two attached hydrogens (primary N) is 1. The van der Waals surface area contributed by atoms with E-state index in [4.69, 9.17) is 5.21 Å². The Morgan fingerprint density at radius 2 is 1.57 bits per heavy atom. The predicted octanol–water partition coefficient (Wildman–Crippen LogP) is 4.01. The molecule has 0 aliphatic carbocycles. The summed E-state index contributed by atoms with van der Waals surface area (Å²) >= 11 is 0. The summed E-state index contributed by atoms with van der Waals surface area (Å²) in [6.45, 7) is 7.57. The highest BCUT2D eigenvalue weighted by molar-refractivity contribution is 5.79. The number of benzene rings is 2. The Morgan fingerprint density at radius 1 is 1.03 bits per heavy atom.